The van der Waals surface area contributed by atoms with E-state index in [2.05, 4.69) is 22.5 Å². The van der Waals surface area contributed by atoms with Crippen LogP contribution in [-0.2, 0) is 0 Å². The van der Waals surface area contributed by atoms with E-state index in [1.165, 1.54) is 0 Å². The summed E-state index contributed by atoms with van der Waals surface area (Å²) in [5.41, 5.74) is 9.64. The molecule has 1 aliphatic heterocycles. The monoisotopic (exact) mass is 363 g/mol. The number of hydrogen-bond donors (Lipinski definition) is 1. The molecule has 2 heterocycles. The fraction of sp³-hybridized carbons (Fsp3) is 0.333. The molecular formula is C21H22FN5. The topological polar surface area (TPSA) is 70.9 Å². The van der Waals surface area contributed by atoms with Crippen molar-refractivity contribution in [2.45, 2.75) is 31.6 Å². The number of fused-ring (bicyclic) bond motifs is 1. The maximum absolute atomic E-state index is 13.9. The second-order valence-electron chi connectivity index (χ2n) is 7.09. The molecule has 0 radical (unpaired) electrons. The Morgan fingerprint density at radius 3 is 2.67 bits per heavy atom. The van der Waals surface area contributed by atoms with E-state index in [9.17, 15) is 4.39 Å². The summed E-state index contributed by atoms with van der Waals surface area (Å²) >= 11 is 0. The summed E-state index contributed by atoms with van der Waals surface area (Å²) in [7, 11) is 0. The average molecular weight is 363 g/mol. The number of nitrogens with two attached hydrogens (primary N) is 1. The molecule has 0 aliphatic carbocycles. The lowest BCUT2D eigenvalue weighted by atomic mass is 10.0. The maximum atomic E-state index is 13.9. The fourth-order valence-corrected chi connectivity index (χ4v) is 3.76. The molecule has 27 heavy (non-hydrogen) atoms. The van der Waals surface area contributed by atoms with Crippen LogP contribution in [-0.4, -0.2) is 34.9 Å². The van der Waals surface area contributed by atoms with Gasteiger partial charge < -0.3 is 15.2 Å². The molecule has 1 aliphatic rings. The largest absolute Gasteiger partial charge is 0.340 e. The zero-order valence-corrected chi connectivity index (χ0v) is 15.2. The normalized spacial score (nSPS) is 21.2. The number of aromatic nitrogens is 2. The third-order valence-corrected chi connectivity index (χ3v) is 5.34. The Hall–Kier alpha value is -2.91. The minimum absolute atomic E-state index is 0.0134. The third-order valence-electron chi connectivity index (χ3n) is 5.34. The van der Waals surface area contributed by atoms with Crippen LogP contribution in [0.2, 0.25) is 0 Å². The van der Waals surface area contributed by atoms with Crippen molar-refractivity contribution < 1.29 is 4.39 Å². The fourth-order valence-electron chi connectivity index (χ4n) is 3.76. The summed E-state index contributed by atoms with van der Waals surface area (Å²) in [6.07, 6.45) is -0.551. The highest BCUT2D eigenvalue weighted by Gasteiger charge is 2.30. The Morgan fingerprint density at radius 2 is 1.96 bits per heavy atom. The number of halogens is 1. The van der Waals surface area contributed by atoms with Crippen LogP contribution < -0.4 is 10.6 Å². The van der Waals surface area contributed by atoms with Gasteiger partial charge in [0.05, 0.1) is 34.7 Å². The van der Waals surface area contributed by atoms with E-state index in [1.54, 1.807) is 0 Å². The Labute approximate surface area is 157 Å². The lowest BCUT2D eigenvalue weighted by molar-refractivity contribution is 0.243. The van der Waals surface area contributed by atoms with E-state index in [4.69, 9.17) is 16.0 Å². The quantitative estimate of drug-likeness (QED) is 0.774. The smallest absolute Gasteiger partial charge is 0.207 e. The Morgan fingerprint density at radius 1 is 1.22 bits per heavy atom. The van der Waals surface area contributed by atoms with Gasteiger partial charge in [-0.3, -0.25) is 0 Å². The molecule has 138 valence electrons. The molecular weight excluding hydrogens is 341 g/mol. The zero-order valence-electron chi connectivity index (χ0n) is 15.2. The van der Waals surface area contributed by atoms with Crippen LogP contribution in [0.3, 0.4) is 0 Å². The number of imidazole rings is 1. The Bertz CT molecular complexity index is 988. The first-order valence-electron chi connectivity index (χ1n) is 9.20. The summed E-state index contributed by atoms with van der Waals surface area (Å²) in [6.45, 7) is 3.16. The third kappa shape index (κ3) is 3.15. The number of piperidine rings is 1. The van der Waals surface area contributed by atoms with Crippen LogP contribution >= 0.6 is 0 Å². The maximum Gasteiger partial charge on any atom is 0.207 e. The number of nitriles is 1. The van der Waals surface area contributed by atoms with Gasteiger partial charge in [-0.05, 0) is 43.2 Å². The van der Waals surface area contributed by atoms with Gasteiger partial charge in [-0.25, -0.2) is 9.37 Å². The van der Waals surface area contributed by atoms with Gasteiger partial charge in [-0.2, -0.15) is 5.26 Å². The van der Waals surface area contributed by atoms with Gasteiger partial charge in [-0.15, -0.1) is 0 Å². The number of alkyl halides is 1. The molecule has 1 aromatic heterocycles. The van der Waals surface area contributed by atoms with Crippen molar-refractivity contribution in [1.82, 2.24) is 9.55 Å². The van der Waals surface area contributed by atoms with Crippen LogP contribution in [0.5, 0.6) is 0 Å². The van der Waals surface area contributed by atoms with Crippen LogP contribution in [0.25, 0.3) is 11.0 Å². The highest BCUT2D eigenvalue weighted by Crippen LogP contribution is 2.32. The summed E-state index contributed by atoms with van der Waals surface area (Å²) in [5, 5.41) is 9.04. The predicted octanol–water partition coefficient (Wildman–Crippen LogP) is 3.39. The van der Waals surface area contributed by atoms with Gasteiger partial charge in [0, 0.05) is 13.1 Å². The molecule has 5 nitrogen and oxygen atoms in total. The van der Waals surface area contributed by atoms with Crippen molar-refractivity contribution >= 4 is 17.0 Å². The van der Waals surface area contributed by atoms with Gasteiger partial charge in [0.1, 0.15) is 6.17 Å². The minimum Gasteiger partial charge on any atom is -0.340 e. The predicted molar refractivity (Wildman–Crippen MR) is 104 cm³/mol. The van der Waals surface area contributed by atoms with Gasteiger partial charge in [0.25, 0.3) is 0 Å². The first-order valence-corrected chi connectivity index (χ1v) is 9.20. The van der Waals surface area contributed by atoms with Crippen molar-refractivity contribution in [2.24, 2.45) is 5.73 Å². The van der Waals surface area contributed by atoms with Crippen molar-refractivity contribution in [3.05, 3.63) is 59.7 Å². The number of nitrogens with zero attached hydrogens (tertiary/aromatic N) is 4. The highest BCUT2D eigenvalue weighted by atomic mass is 19.1. The molecule has 3 atom stereocenters. The molecule has 2 N–H and O–H groups in total. The standard InChI is InChI=1S/C21H22FN5/c1-14(16-8-6-15(12-23)7-9-16)27-20-5-3-2-4-19(20)25-21(27)26-11-10-17(22)18(24)13-26/h2-9,14,17-18H,10-11,13,24H2,1H3/t14-,17+,18-/m1/s1. The highest BCUT2D eigenvalue weighted by molar-refractivity contribution is 5.79. The molecule has 1 saturated heterocycles. The van der Waals surface area contributed by atoms with Crippen molar-refractivity contribution in [3.8, 4) is 6.07 Å². The van der Waals surface area contributed by atoms with Gasteiger partial charge >= 0.3 is 0 Å². The summed E-state index contributed by atoms with van der Waals surface area (Å²) < 4.78 is 16.0. The number of rotatable bonds is 3. The lowest BCUT2D eigenvalue weighted by Crippen LogP contribution is -2.50. The molecule has 0 bridgehead atoms. The molecule has 0 saturated carbocycles. The Balaban J connectivity index is 1.79. The number of benzene rings is 2. The number of hydrogen-bond acceptors (Lipinski definition) is 4. The van der Waals surface area contributed by atoms with E-state index in [0.29, 0.717) is 25.1 Å². The second kappa shape index (κ2) is 7.01. The second-order valence-corrected chi connectivity index (χ2v) is 7.09. The van der Waals surface area contributed by atoms with E-state index in [-0.39, 0.29) is 6.04 Å². The molecule has 3 aromatic rings. The van der Waals surface area contributed by atoms with Crippen LogP contribution in [0, 0.1) is 11.3 Å². The SMILES string of the molecule is C[C@H](c1ccc(C#N)cc1)n1c(N2CC[C@H](F)[C@H](N)C2)nc2ccccc21. The molecule has 0 spiro atoms. The van der Waals surface area contributed by atoms with Crippen LogP contribution in [0.4, 0.5) is 10.3 Å². The first kappa shape index (κ1) is 17.5. The van der Waals surface area contributed by atoms with Gasteiger partial charge in [0.2, 0.25) is 5.95 Å². The summed E-state index contributed by atoms with van der Waals surface area (Å²) in [6, 6.07) is 17.3. The molecule has 0 unspecified atom stereocenters. The number of para-hydroxylation sites is 2. The van der Waals surface area contributed by atoms with Gasteiger partial charge in [0.15, 0.2) is 0 Å². The summed E-state index contributed by atoms with van der Waals surface area (Å²) in [5.74, 6) is 0.815. The summed E-state index contributed by atoms with van der Waals surface area (Å²) in [4.78, 5) is 6.92. The van der Waals surface area contributed by atoms with Crippen molar-refractivity contribution in [3.63, 3.8) is 0 Å². The van der Waals surface area contributed by atoms with E-state index < -0.39 is 12.2 Å². The minimum atomic E-state index is -0.963. The molecule has 6 heteroatoms. The lowest BCUT2D eigenvalue weighted by Gasteiger charge is -2.35. The first-order chi connectivity index (χ1) is 13.1. The van der Waals surface area contributed by atoms with Crippen molar-refractivity contribution in [1.29, 1.82) is 5.26 Å². The van der Waals surface area contributed by atoms with Crippen molar-refractivity contribution in [2.75, 3.05) is 18.0 Å². The van der Waals surface area contributed by atoms with Crippen LogP contribution in [0.1, 0.15) is 30.5 Å². The van der Waals surface area contributed by atoms with Gasteiger partial charge in [-0.1, -0.05) is 24.3 Å². The average Bonchev–Trinajstić information content (AvgIpc) is 3.09. The Kier molecular flexibility index (Phi) is 4.54. The molecule has 0 amide bonds. The molecule has 2 aromatic carbocycles. The van der Waals surface area contributed by atoms with E-state index in [1.807, 2.05) is 48.5 Å². The number of anilines is 1. The van der Waals surface area contributed by atoms with E-state index >= 15 is 0 Å². The molecule has 1 fully saturated rings. The zero-order chi connectivity index (χ0) is 19.0. The van der Waals surface area contributed by atoms with Crippen LogP contribution in [0.15, 0.2) is 48.5 Å². The van der Waals surface area contributed by atoms with E-state index in [0.717, 1.165) is 22.5 Å². The molecule has 4 rings (SSSR count).